The van der Waals surface area contributed by atoms with Crippen LogP contribution >= 0.6 is 11.6 Å². The van der Waals surface area contributed by atoms with Gasteiger partial charge in [0, 0.05) is 24.2 Å². The number of nitrogens with zero attached hydrogens (tertiary/aromatic N) is 1. The molecule has 0 aromatic heterocycles. The van der Waals surface area contributed by atoms with Crippen molar-refractivity contribution in [2.75, 3.05) is 19.7 Å². The van der Waals surface area contributed by atoms with Crippen LogP contribution in [0.2, 0.25) is 5.02 Å². The molecule has 1 aromatic carbocycles. The Balaban J connectivity index is 1.63. The second kappa shape index (κ2) is 6.75. The molecule has 2 atom stereocenters. The lowest BCUT2D eigenvalue weighted by molar-refractivity contribution is -0.144. The van der Waals surface area contributed by atoms with Crippen LogP contribution in [0.1, 0.15) is 32.1 Å². The van der Waals surface area contributed by atoms with Crippen LogP contribution in [0, 0.1) is 0 Å². The Morgan fingerprint density at radius 3 is 2.77 bits per heavy atom. The van der Waals surface area contributed by atoms with Gasteiger partial charge in [-0.25, -0.2) is 0 Å². The summed E-state index contributed by atoms with van der Waals surface area (Å²) in [6.45, 7) is 1.41. The average Bonchev–Trinajstić information content (AvgIpc) is 3.03. The number of rotatable bonds is 4. The molecule has 1 aliphatic heterocycles. The van der Waals surface area contributed by atoms with Gasteiger partial charge in [-0.3, -0.25) is 4.90 Å². The highest BCUT2D eigenvalue weighted by Crippen LogP contribution is 2.30. The van der Waals surface area contributed by atoms with Gasteiger partial charge in [-0.05, 0) is 37.5 Å². The number of hydrogen-bond acceptors (Lipinski definition) is 4. The number of benzene rings is 1. The third kappa shape index (κ3) is 3.57. The van der Waals surface area contributed by atoms with Gasteiger partial charge in [0.1, 0.15) is 18.0 Å². The fraction of sp³-hybridized carbons (Fsp3) is 0.647. The summed E-state index contributed by atoms with van der Waals surface area (Å²) in [5.41, 5.74) is -1.22. The third-order valence-corrected chi connectivity index (χ3v) is 5.15. The number of halogens is 1. The molecule has 1 saturated carbocycles. The Morgan fingerprint density at radius 2 is 2.05 bits per heavy atom. The molecule has 2 N–H and O–H groups in total. The number of aliphatic hydroxyl groups excluding tert-OH is 1. The van der Waals surface area contributed by atoms with Gasteiger partial charge in [0.15, 0.2) is 0 Å². The molecule has 5 heteroatoms. The maximum atomic E-state index is 10.9. The lowest BCUT2D eigenvalue weighted by atomic mass is 9.89. The van der Waals surface area contributed by atoms with Gasteiger partial charge in [-0.1, -0.05) is 30.5 Å². The molecule has 1 heterocycles. The van der Waals surface area contributed by atoms with Gasteiger partial charge in [0.2, 0.25) is 0 Å². The van der Waals surface area contributed by atoms with Gasteiger partial charge in [-0.15, -0.1) is 0 Å². The third-order valence-electron chi connectivity index (χ3n) is 4.91. The quantitative estimate of drug-likeness (QED) is 0.893. The van der Waals surface area contributed by atoms with Crippen molar-refractivity contribution in [1.29, 1.82) is 0 Å². The van der Waals surface area contributed by atoms with Crippen LogP contribution < -0.4 is 4.74 Å². The molecule has 1 aliphatic carbocycles. The maximum absolute atomic E-state index is 10.9. The van der Waals surface area contributed by atoms with Gasteiger partial charge in [0.05, 0.1) is 6.10 Å². The molecule has 4 nitrogen and oxygen atoms in total. The molecule has 0 unspecified atom stereocenters. The lowest BCUT2D eigenvalue weighted by Gasteiger charge is -2.44. The van der Waals surface area contributed by atoms with E-state index in [0.717, 1.165) is 6.54 Å². The Hall–Kier alpha value is -0.810. The van der Waals surface area contributed by atoms with Gasteiger partial charge < -0.3 is 14.9 Å². The minimum absolute atomic E-state index is 0.0811. The standard InChI is InChI=1S/C17H24ClNO3/c18-13-4-3-7-15(10-13)22-12-17(21)11-19(9-8-16(17)20)14-5-1-2-6-14/h3-4,7,10,14,16,20-21H,1-2,5-6,8-9,11-12H2/t16-,17-/m0/s1. The van der Waals surface area contributed by atoms with Crippen LogP contribution in [0.25, 0.3) is 0 Å². The van der Waals surface area contributed by atoms with E-state index in [2.05, 4.69) is 4.90 Å². The van der Waals surface area contributed by atoms with E-state index >= 15 is 0 Å². The number of likely N-dealkylation sites (tertiary alicyclic amines) is 1. The van der Waals surface area contributed by atoms with Crippen molar-refractivity contribution in [3.8, 4) is 5.75 Å². The maximum Gasteiger partial charge on any atom is 0.137 e. The predicted molar refractivity (Wildman–Crippen MR) is 86.3 cm³/mol. The van der Waals surface area contributed by atoms with Gasteiger partial charge >= 0.3 is 0 Å². The average molecular weight is 326 g/mol. The summed E-state index contributed by atoms with van der Waals surface area (Å²) in [6.07, 6.45) is 4.76. The van der Waals surface area contributed by atoms with Crippen LogP contribution in [-0.2, 0) is 0 Å². The van der Waals surface area contributed by atoms with Crippen LogP contribution in [0.5, 0.6) is 5.75 Å². The Bertz CT molecular complexity index is 506. The summed E-state index contributed by atoms with van der Waals surface area (Å²) in [5.74, 6) is 0.617. The fourth-order valence-electron chi connectivity index (χ4n) is 3.58. The summed E-state index contributed by atoms with van der Waals surface area (Å²) in [7, 11) is 0. The summed E-state index contributed by atoms with van der Waals surface area (Å²) in [6, 6.07) is 7.66. The van der Waals surface area contributed by atoms with Gasteiger partial charge in [0.25, 0.3) is 0 Å². The first kappa shape index (κ1) is 16.1. The van der Waals surface area contributed by atoms with Crippen LogP contribution in [-0.4, -0.2) is 52.6 Å². The van der Waals surface area contributed by atoms with Crippen molar-refractivity contribution in [3.63, 3.8) is 0 Å². The van der Waals surface area contributed by atoms with E-state index in [-0.39, 0.29) is 6.61 Å². The van der Waals surface area contributed by atoms with Crippen molar-refractivity contribution in [2.24, 2.45) is 0 Å². The highest BCUT2D eigenvalue weighted by molar-refractivity contribution is 6.30. The molecular formula is C17H24ClNO3. The zero-order valence-electron chi connectivity index (χ0n) is 12.7. The second-order valence-electron chi connectivity index (χ2n) is 6.56. The highest BCUT2D eigenvalue weighted by atomic mass is 35.5. The molecule has 1 aromatic rings. The van der Waals surface area contributed by atoms with E-state index in [4.69, 9.17) is 16.3 Å². The molecule has 0 bridgehead atoms. The first-order chi connectivity index (χ1) is 10.6. The summed E-state index contributed by atoms with van der Waals surface area (Å²) >= 11 is 5.94. The molecule has 2 fully saturated rings. The van der Waals surface area contributed by atoms with Crippen LogP contribution in [0.4, 0.5) is 0 Å². The van der Waals surface area contributed by atoms with Crippen molar-refractivity contribution >= 4 is 11.6 Å². The molecule has 0 radical (unpaired) electrons. The Labute approximate surface area is 136 Å². The van der Waals surface area contributed by atoms with Crippen molar-refractivity contribution in [1.82, 2.24) is 4.90 Å². The first-order valence-electron chi connectivity index (χ1n) is 8.10. The van der Waals surface area contributed by atoms with Crippen molar-refractivity contribution in [2.45, 2.75) is 49.9 Å². The Morgan fingerprint density at radius 1 is 1.27 bits per heavy atom. The van der Waals surface area contributed by atoms with Crippen LogP contribution in [0.15, 0.2) is 24.3 Å². The minimum atomic E-state index is -1.22. The lowest BCUT2D eigenvalue weighted by Crippen LogP contribution is -2.61. The van der Waals surface area contributed by atoms with Crippen molar-refractivity contribution in [3.05, 3.63) is 29.3 Å². The number of hydrogen-bond donors (Lipinski definition) is 2. The molecule has 0 amide bonds. The topological polar surface area (TPSA) is 52.9 Å². The SMILES string of the molecule is O[C@H]1CCN(C2CCCC2)C[C@]1(O)COc1cccc(Cl)c1. The summed E-state index contributed by atoms with van der Waals surface area (Å²) < 4.78 is 5.69. The summed E-state index contributed by atoms with van der Waals surface area (Å²) in [5, 5.41) is 21.7. The van der Waals surface area contributed by atoms with E-state index in [0.29, 0.717) is 29.8 Å². The fourth-order valence-corrected chi connectivity index (χ4v) is 3.76. The van der Waals surface area contributed by atoms with E-state index in [1.165, 1.54) is 25.7 Å². The molecule has 3 rings (SSSR count). The zero-order chi connectivity index (χ0) is 15.6. The minimum Gasteiger partial charge on any atom is -0.490 e. The predicted octanol–water partition coefficient (Wildman–Crippen LogP) is 2.46. The number of β-amino-alcohol motifs (C(OH)–C–C–N with tert-alkyl or cyclic N) is 1. The molecule has 1 saturated heterocycles. The highest BCUT2D eigenvalue weighted by Gasteiger charge is 2.43. The number of ether oxygens (including phenoxy) is 1. The van der Waals surface area contributed by atoms with Crippen LogP contribution in [0.3, 0.4) is 0 Å². The van der Waals surface area contributed by atoms with E-state index in [1.807, 2.05) is 6.07 Å². The first-order valence-corrected chi connectivity index (χ1v) is 8.47. The second-order valence-corrected chi connectivity index (χ2v) is 7.00. The van der Waals surface area contributed by atoms with Crippen molar-refractivity contribution < 1.29 is 14.9 Å². The van der Waals surface area contributed by atoms with E-state index < -0.39 is 11.7 Å². The molecule has 22 heavy (non-hydrogen) atoms. The van der Waals surface area contributed by atoms with E-state index in [9.17, 15) is 10.2 Å². The largest absolute Gasteiger partial charge is 0.490 e. The molecule has 122 valence electrons. The van der Waals surface area contributed by atoms with E-state index in [1.54, 1.807) is 18.2 Å². The smallest absolute Gasteiger partial charge is 0.137 e. The Kier molecular flexibility index (Phi) is 4.93. The number of aliphatic hydroxyl groups is 2. The molecule has 0 spiro atoms. The monoisotopic (exact) mass is 325 g/mol. The zero-order valence-corrected chi connectivity index (χ0v) is 13.5. The molecular weight excluding hydrogens is 302 g/mol. The normalized spacial score (nSPS) is 30.6. The van der Waals surface area contributed by atoms with Gasteiger partial charge in [-0.2, -0.15) is 0 Å². The number of piperidine rings is 1. The molecule has 2 aliphatic rings. The summed E-state index contributed by atoms with van der Waals surface area (Å²) in [4.78, 5) is 2.32.